The molecule has 0 saturated carbocycles. The summed E-state index contributed by atoms with van der Waals surface area (Å²) in [6, 6.07) is 0. The van der Waals surface area contributed by atoms with Gasteiger partial charge in [0.2, 0.25) is 0 Å². The van der Waals surface area contributed by atoms with Crippen LogP contribution in [0.15, 0.2) is 0 Å². The van der Waals surface area contributed by atoms with Crippen LogP contribution in [0, 0.1) is 10.7 Å². The van der Waals surface area contributed by atoms with Gasteiger partial charge in [-0.25, -0.2) is 0 Å². The Balaban J connectivity index is 3.46. The van der Waals surface area contributed by atoms with E-state index < -0.39 is 55.9 Å². The van der Waals surface area contributed by atoms with Crippen molar-refractivity contribution in [3.63, 3.8) is 0 Å². The Bertz CT molecular complexity index is 835. The first-order chi connectivity index (χ1) is 16.0. The molecule has 12 nitrogen and oxygen atoms in total. The topological polar surface area (TPSA) is 209 Å². The molecule has 0 saturated heterocycles. The highest BCUT2D eigenvalue weighted by Crippen LogP contribution is 2.32. The summed E-state index contributed by atoms with van der Waals surface area (Å²) < 4.78 is 0.676. The first-order valence-electron chi connectivity index (χ1n) is 9.91. The van der Waals surface area contributed by atoms with Gasteiger partial charge in [0.15, 0.2) is 0 Å². The minimum atomic E-state index is -1.20. The molecule has 0 fully saturated rings. The Morgan fingerprint density at radius 3 is 1.26 bits per heavy atom. The molecule has 0 aromatic heterocycles. The fourth-order valence-corrected chi connectivity index (χ4v) is 7.16. The Morgan fingerprint density at radius 1 is 0.618 bits per heavy atom. The van der Waals surface area contributed by atoms with Gasteiger partial charge in [0.1, 0.15) is 0 Å². The van der Waals surface area contributed by atoms with Crippen LogP contribution in [0.3, 0.4) is 0 Å². The van der Waals surface area contributed by atoms with Gasteiger partial charge >= 0.3 is 0 Å². The highest BCUT2D eigenvalue weighted by atomic mass is 127. The first-order valence-corrected chi connectivity index (χ1v) is 13.1. The van der Waals surface area contributed by atoms with Gasteiger partial charge in [-0.05, 0) is 74.2 Å². The van der Waals surface area contributed by atoms with Crippen molar-refractivity contribution >= 4 is 85.5 Å². The zero-order valence-corrected chi connectivity index (χ0v) is 24.2. The molecule has 15 heteroatoms. The normalized spacial score (nSPS) is 13.7. The van der Waals surface area contributed by atoms with Crippen molar-refractivity contribution in [3.05, 3.63) is 27.4 Å². The summed E-state index contributed by atoms with van der Waals surface area (Å²) in [6.07, 6.45) is -3.34. The summed E-state index contributed by atoms with van der Waals surface area (Å²) in [5.74, 6) is -2.00. The molecule has 3 atom stereocenters. The average Bonchev–Trinajstić information content (AvgIpc) is 2.80. The summed E-state index contributed by atoms with van der Waals surface area (Å²) >= 11 is 5.39. The van der Waals surface area contributed by atoms with Crippen molar-refractivity contribution in [2.75, 3.05) is 39.5 Å². The standard InChI is InChI=1S/C19H26I3N3O9/c20-14-11(17(32)23-2-1-8(29)5-26)15(21)13(19(34)25-4-10(31)7-28)16(22)12(14)18(33)24-3-9(30)6-27/h8-10,26-31H,1-7H2,(H,23,32)(H,24,33)(H,25,34). The quantitative estimate of drug-likeness (QED) is 0.102. The average molecular weight is 821 g/mol. The molecule has 34 heavy (non-hydrogen) atoms. The molecule has 0 aliphatic rings. The van der Waals surface area contributed by atoms with E-state index in [9.17, 15) is 29.7 Å². The summed E-state index contributed by atoms with van der Waals surface area (Å²) in [6.45, 7) is -2.13. The van der Waals surface area contributed by atoms with Crippen LogP contribution in [-0.4, -0.2) is 106 Å². The first kappa shape index (κ1) is 31.6. The number of hydrogen-bond donors (Lipinski definition) is 9. The molecular formula is C19H26I3N3O9. The van der Waals surface area contributed by atoms with Crippen molar-refractivity contribution in [2.45, 2.75) is 24.7 Å². The second-order valence-electron chi connectivity index (χ2n) is 7.04. The molecule has 0 spiro atoms. The Labute approximate surface area is 236 Å². The summed E-state index contributed by atoms with van der Waals surface area (Å²) in [4.78, 5) is 38.8. The summed E-state index contributed by atoms with van der Waals surface area (Å²) in [5.41, 5.74) is 0.0288. The van der Waals surface area contributed by atoms with Gasteiger partial charge in [0.25, 0.3) is 17.7 Å². The number of nitrogens with one attached hydrogen (secondary N) is 3. The molecule has 0 heterocycles. The number of rotatable bonds is 13. The third kappa shape index (κ3) is 8.91. The van der Waals surface area contributed by atoms with E-state index in [0.29, 0.717) is 0 Å². The molecule has 1 aromatic rings. The van der Waals surface area contributed by atoms with Crippen molar-refractivity contribution in [1.29, 1.82) is 0 Å². The van der Waals surface area contributed by atoms with Gasteiger partial charge in [-0.1, -0.05) is 0 Å². The van der Waals surface area contributed by atoms with Crippen LogP contribution in [0.4, 0.5) is 0 Å². The van der Waals surface area contributed by atoms with E-state index in [-0.39, 0.29) is 53.5 Å². The van der Waals surface area contributed by atoms with Gasteiger partial charge < -0.3 is 46.6 Å². The Hall–Kier alpha value is -0.420. The molecule has 1 aromatic carbocycles. The van der Waals surface area contributed by atoms with Crippen molar-refractivity contribution in [3.8, 4) is 0 Å². The summed E-state index contributed by atoms with van der Waals surface area (Å²) in [7, 11) is 0. The van der Waals surface area contributed by atoms with Crippen LogP contribution in [0.25, 0.3) is 0 Å². The smallest absolute Gasteiger partial charge is 0.253 e. The maximum Gasteiger partial charge on any atom is 0.253 e. The molecule has 9 N–H and O–H groups in total. The molecule has 192 valence electrons. The third-order valence-corrected chi connectivity index (χ3v) is 7.63. The molecule has 3 amide bonds. The van der Waals surface area contributed by atoms with Gasteiger partial charge in [-0.3, -0.25) is 14.4 Å². The fourth-order valence-electron chi connectivity index (χ4n) is 2.52. The third-order valence-electron chi connectivity index (χ3n) is 4.39. The number of amides is 3. The lowest BCUT2D eigenvalue weighted by atomic mass is 10.0. The lowest BCUT2D eigenvalue weighted by Gasteiger charge is -2.20. The number of aliphatic hydroxyl groups excluding tert-OH is 6. The van der Waals surface area contributed by atoms with Crippen LogP contribution in [0.2, 0.25) is 0 Å². The monoisotopic (exact) mass is 821 g/mol. The molecule has 0 aliphatic carbocycles. The molecule has 1 rings (SSSR count). The van der Waals surface area contributed by atoms with Crippen LogP contribution >= 0.6 is 67.8 Å². The lowest BCUT2D eigenvalue weighted by molar-refractivity contribution is 0.0798. The van der Waals surface area contributed by atoms with Gasteiger partial charge in [-0.2, -0.15) is 0 Å². The zero-order chi connectivity index (χ0) is 26.0. The van der Waals surface area contributed by atoms with Crippen LogP contribution in [0.5, 0.6) is 0 Å². The predicted molar refractivity (Wildman–Crippen MR) is 145 cm³/mol. The second kappa shape index (κ2) is 15.6. The maximum absolute atomic E-state index is 13.0. The molecular weight excluding hydrogens is 795 g/mol. The van der Waals surface area contributed by atoms with E-state index >= 15 is 0 Å². The summed E-state index contributed by atoms with van der Waals surface area (Å²) in [5, 5.41) is 62.9. The van der Waals surface area contributed by atoms with Gasteiger partial charge in [0.05, 0.1) is 54.8 Å². The molecule has 0 bridgehead atoms. The van der Waals surface area contributed by atoms with Gasteiger partial charge in [0, 0.05) is 30.3 Å². The second-order valence-corrected chi connectivity index (χ2v) is 10.3. The van der Waals surface area contributed by atoms with E-state index in [1.807, 2.05) is 0 Å². The number of hydrogen-bond acceptors (Lipinski definition) is 9. The van der Waals surface area contributed by atoms with E-state index in [0.717, 1.165) is 0 Å². The lowest BCUT2D eigenvalue weighted by Crippen LogP contribution is -2.38. The van der Waals surface area contributed by atoms with Crippen molar-refractivity contribution in [2.24, 2.45) is 0 Å². The fraction of sp³-hybridized carbons (Fsp3) is 0.526. The SMILES string of the molecule is O=C(NCCC(O)CO)c1c(I)c(C(=O)NCC(O)CO)c(I)c(C(=O)NCC(O)CO)c1I. The number of benzene rings is 1. The van der Waals surface area contributed by atoms with Crippen LogP contribution in [0.1, 0.15) is 37.5 Å². The van der Waals surface area contributed by atoms with Gasteiger partial charge in [-0.15, -0.1) is 0 Å². The molecule has 3 unspecified atom stereocenters. The van der Waals surface area contributed by atoms with E-state index in [1.165, 1.54) is 0 Å². The van der Waals surface area contributed by atoms with E-state index in [2.05, 4.69) is 16.0 Å². The highest BCUT2D eigenvalue weighted by Gasteiger charge is 2.30. The number of halogens is 3. The number of carbonyl (C=O) groups excluding carboxylic acids is 3. The van der Waals surface area contributed by atoms with Crippen LogP contribution < -0.4 is 16.0 Å². The Kier molecular flexibility index (Phi) is 14.5. The number of aliphatic hydroxyl groups is 6. The van der Waals surface area contributed by atoms with Crippen molar-refractivity contribution < 1.29 is 45.0 Å². The maximum atomic E-state index is 13.0. The number of carbonyl (C=O) groups is 3. The predicted octanol–water partition coefficient (Wildman–Crippen LogP) is -1.86. The minimum Gasteiger partial charge on any atom is -0.394 e. The van der Waals surface area contributed by atoms with Crippen LogP contribution in [-0.2, 0) is 0 Å². The Morgan fingerprint density at radius 2 is 0.941 bits per heavy atom. The largest absolute Gasteiger partial charge is 0.394 e. The minimum absolute atomic E-state index is 0.000144. The van der Waals surface area contributed by atoms with E-state index in [1.54, 1.807) is 67.8 Å². The molecule has 0 radical (unpaired) electrons. The van der Waals surface area contributed by atoms with Crippen molar-refractivity contribution in [1.82, 2.24) is 16.0 Å². The zero-order valence-electron chi connectivity index (χ0n) is 17.7. The van der Waals surface area contributed by atoms with E-state index in [4.69, 9.17) is 15.3 Å². The molecule has 0 aliphatic heterocycles. The highest BCUT2D eigenvalue weighted by molar-refractivity contribution is 14.1.